The topological polar surface area (TPSA) is 83.5 Å². The van der Waals surface area contributed by atoms with E-state index in [1.165, 1.54) is 12.1 Å². The Balaban J connectivity index is 1.81. The normalized spacial score (nSPS) is 14.3. The van der Waals surface area contributed by atoms with Crippen LogP contribution in [0, 0.1) is 0 Å². The minimum Gasteiger partial charge on any atom is -0.355 e. The lowest BCUT2D eigenvalue weighted by Gasteiger charge is -2.33. The Kier molecular flexibility index (Phi) is 4.07. The fourth-order valence-electron chi connectivity index (χ4n) is 3.09. The van der Waals surface area contributed by atoms with Crippen molar-refractivity contribution in [1.82, 2.24) is 9.97 Å². The number of para-hydroxylation sites is 2. The lowest BCUT2D eigenvalue weighted by molar-refractivity contribution is 0.0985. The van der Waals surface area contributed by atoms with Crippen LogP contribution >= 0.6 is 0 Å². The quantitative estimate of drug-likeness (QED) is 0.675. The number of sulfone groups is 1. The number of hydrogen-bond acceptors (Lipinski definition) is 6. The number of benzene rings is 2. The molecule has 0 N–H and O–H groups in total. The summed E-state index contributed by atoms with van der Waals surface area (Å²) < 4.78 is 23.6. The van der Waals surface area contributed by atoms with Gasteiger partial charge in [-0.1, -0.05) is 18.2 Å². The summed E-state index contributed by atoms with van der Waals surface area (Å²) >= 11 is 0. The van der Waals surface area contributed by atoms with Crippen LogP contribution in [-0.4, -0.2) is 50.7 Å². The smallest absolute Gasteiger partial charge is 0.259 e. The highest BCUT2D eigenvalue weighted by Gasteiger charge is 2.29. The third kappa shape index (κ3) is 3.12. The summed E-state index contributed by atoms with van der Waals surface area (Å²) in [6, 6.07) is 13.6. The molecule has 1 aliphatic heterocycles. The van der Waals surface area contributed by atoms with E-state index < -0.39 is 9.84 Å². The summed E-state index contributed by atoms with van der Waals surface area (Å²) in [7, 11) is -1.48. The first-order chi connectivity index (χ1) is 12.8. The van der Waals surface area contributed by atoms with Gasteiger partial charge in [-0.15, -0.1) is 0 Å². The maximum absolute atomic E-state index is 13.1. The van der Waals surface area contributed by atoms with Crippen LogP contribution in [0.3, 0.4) is 0 Å². The van der Waals surface area contributed by atoms with Crippen LogP contribution < -0.4 is 9.80 Å². The van der Waals surface area contributed by atoms with Crippen LogP contribution in [0.5, 0.6) is 0 Å². The van der Waals surface area contributed by atoms with E-state index in [1.807, 2.05) is 36.2 Å². The largest absolute Gasteiger partial charge is 0.355 e. The predicted molar refractivity (Wildman–Crippen MR) is 104 cm³/mol. The van der Waals surface area contributed by atoms with E-state index in [1.54, 1.807) is 17.0 Å². The average molecular weight is 382 g/mol. The van der Waals surface area contributed by atoms with Gasteiger partial charge in [0.25, 0.3) is 5.91 Å². The van der Waals surface area contributed by atoms with Gasteiger partial charge in [0, 0.05) is 32.0 Å². The Bertz CT molecular complexity index is 1160. The van der Waals surface area contributed by atoms with Crippen molar-refractivity contribution in [3.63, 3.8) is 0 Å². The first-order valence-electron chi connectivity index (χ1n) is 8.44. The lowest BCUT2D eigenvalue weighted by Crippen LogP contribution is -2.43. The van der Waals surface area contributed by atoms with E-state index in [-0.39, 0.29) is 10.8 Å². The SMILES string of the molecule is CN1CCN(C(=O)c2cccc(S(C)(=O)=O)c2)c2nc3ccccc3nc21. The molecule has 0 atom stereocenters. The number of likely N-dealkylation sites (N-methyl/N-ethyl adjacent to an activating group) is 1. The van der Waals surface area contributed by atoms with Crippen LogP contribution in [0.2, 0.25) is 0 Å². The predicted octanol–water partition coefficient (Wildman–Crippen LogP) is 2.13. The molecule has 138 valence electrons. The molecule has 0 spiro atoms. The van der Waals surface area contributed by atoms with E-state index in [9.17, 15) is 13.2 Å². The van der Waals surface area contributed by atoms with Gasteiger partial charge in [0.1, 0.15) is 0 Å². The van der Waals surface area contributed by atoms with E-state index in [0.717, 1.165) is 11.8 Å². The zero-order valence-electron chi connectivity index (χ0n) is 15.0. The van der Waals surface area contributed by atoms with Gasteiger partial charge in [-0.2, -0.15) is 0 Å². The van der Waals surface area contributed by atoms with Gasteiger partial charge in [0.2, 0.25) is 0 Å². The molecule has 2 heterocycles. The molecule has 3 aromatic rings. The molecule has 0 aliphatic carbocycles. The molecule has 0 bridgehead atoms. The molecule has 0 radical (unpaired) electrons. The summed E-state index contributed by atoms with van der Waals surface area (Å²) in [4.78, 5) is 26.1. The van der Waals surface area contributed by atoms with Crippen LogP contribution in [0.4, 0.5) is 11.6 Å². The summed E-state index contributed by atoms with van der Waals surface area (Å²) in [5.74, 6) is 0.823. The highest BCUT2D eigenvalue weighted by molar-refractivity contribution is 7.90. The zero-order chi connectivity index (χ0) is 19.2. The fraction of sp³-hybridized carbons (Fsp3) is 0.211. The summed E-state index contributed by atoms with van der Waals surface area (Å²) in [5, 5.41) is 0. The van der Waals surface area contributed by atoms with Crippen molar-refractivity contribution in [2.24, 2.45) is 0 Å². The Morgan fingerprint density at radius 1 is 0.963 bits per heavy atom. The second-order valence-electron chi connectivity index (χ2n) is 6.54. The third-order valence-corrected chi connectivity index (χ3v) is 5.68. The number of fused-ring (bicyclic) bond motifs is 2. The lowest BCUT2D eigenvalue weighted by atomic mass is 10.2. The number of aromatic nitrogens is 2. The minimum atomic E-state index is -3.39. The number of amides is 1. The monoisotopic (exact) mass is 382 g/mol. The van der Waals surface area contributed by atoms with Crippen molar-refractivity contribution >= 4 is 38.4 Å². The van der Waals surface area contributed by atoms with E-state index in [0.29, 0.717) is 35.8 Å². The van der Waals surface area contributed by atoms with Gasteiger partial charge in [0.05, 0.1) is 15.9 Å². The van der Waals surface area contributed by atoms with Crippen molar-refractivity contribution in [3.05, 3.63) is 54.1 Å². The molecule has 7 nitrogen and oxygen atoms in total. The molecule has 2 aromatic carbocycles. The first kappa shape index (κ1) is 17.4. The van der Waals surface area contributed by atoms with Gasteiger partial charge < -0.3 is 4.90 Å². The standard InChI is InChI=1S/C19H18N4O3S/c1-22-10-11-23(18-17(22)20-15-8-3-4-9-16(15)21-18)19(24)13-6-5-7-14(12-13)27(2,25)26/h3-9,12H,10-11H2,1-2H3. The Morgan fingerprint density at radius 3 is 2.30 bits per heavy atom. The summed E-state index contributed by atoms with van der Waals surface area (Å²) in [5.41, 5.74) is 1.77. The Hall–Kier alpha value is -3.00. The molecule has 1 aromatic heterocycles. The summed E-state index contributed by atoms with van der Waals surface area (Å²) in [6.07, 6.45) is 1.12. The fourth-order valence-corrected chi connectivity index (χ4v) is 3.76. The maximum Gasteiger partial charge on any atom is 0.259 e. The van der Waals surface area contributed by atoms with Gasteiger partial charge >= 0.3 is 0 Å². The Labute approximate surface area is 157 Å². The number of anilines is 2. The second kappa shape index (κ2) is 6.31. The van der Waals surface area contributed by atoms with Gasteiger partial charge in [-0.05, 0) is 30.3 Å². The van der Waals surface area contributed by atoms with Gasteiger partial charge in [-0.3, -0.25) is 9.69 Å². The van der Waals surface area contributed by atoms with Crippen LogP contribution in [0.15, 0.2) is 53.4 Å². The number of rotatable bonds is 2. The second-order valence-corrected chi connectivity index (χ2v) is 8.55. The zero-order valence-corrected chi connectivity index (χ0v) is 15.8. The van der Waals surface area contributed by atoms with Crippen LogP contribution in [0.1, 0.15) is 10.4 Å². The van der Waals surface area contributed by atoms with Crippen molar-refractivity contribution in [1.29, 1.82) is 0 Å². The molecule has 27 heavy (non-hydrogen) atoms. The molecule has 4 rings (SSSR count). The van der Waals surface area contributed by atoms with Crippen molar-refractivity contribution in [2.45, 2.75) is 4.90 Å². The van der Waals surface area contributed by atoms with Crippen molar-refractivity contribution in [3.8, 4) is 0 Å². The van der Waals surface area contributed by atoms with E-state index >= 15 is 0 Å². The highest BCUT2D eigenvalue weighted by Crippen LogP contribution is 2.31. The molecule has 1 amide bonds. The molecule has 8 heteroatoms. The average Bonchev–Trinajstić information content (AvgIpc) is 2.66. The Morgan fingerprint density at radius 2 is 1.63 bits per heavy atom. The highest BCUT2D eigenvalue weighted by atomic mass is 32.2. The van der Waals surface area contributed by atoms with Crippen LogP contribution in [0.25, 0.3) is 11.0 Å². The molecule has 0 saturated carbocycles. The minimum absolute atomic E-state index is 0.118. The first-order valence-corrected chi connectivity index (χ1v) is 10.3. The molecule has 0 unspecified atom stereocenters. The number of hydrogen-bond donors (Lipinski definition) is 0. The number of nitrogens with zero attached hydrogens (tertiary/aromatic N) is 4. The van der Waals surface area contributed by atoms with Crippen molar-refractivity contribution < 1.29 is 13.2 Å². The van der Waals surface area contributed by atoms with Crippen molar-refractivity contribution in [2.75, 3.05) is 36.2 Å². The van der Waals surface area contributed by atoms with E-state index in [2.05, 4.69) is 9.97 Å². The molecule has 0 saturated heterocycles. The van der Waals surface area contributed by atoms with Crippen LogP contribution in [-0.2, 0) is 9.84 Å². The molecule has 1 aliphatic rings. The molecule has 0 fully saturated rings. The van der Waals surface area contributed by atoms with E-state index in [4.69, 9.17) is 0 Å². The third-order valence-electron chi connectivity index (χ3n) is 4.56. The van der Waals surface area contributed by atoms with Gasteiger partial charge in [0.15, 0.2) is 21.5 Å². The van der Waals surface area contributed by atoms with Gasteiger partial charge in [-0.25, -0.2) is 18.4 Å². The summed E-state index contributed by atoms with van der Waals surface area (Å²) in [6.45, 7) is 1.05. The number of carbonyl (C=O) groups is 1. The molecular formula is C19H18N4O3S. The molecular weight excluding hydrogens is 364 g/mol. The maximum atomic E-state index is 13.1. The number of carbonyl (C=O) groups excluding carboxylic acids is 1.